The average Bonchev–Trinajstić information content (AvgIpc) is 3.08. The van der Waals surface area contributed by atoms with Crippen molar-refractivity contribution in [3.05, 3.63) is 30.1 Å². The summed E-state index contributed by atoms with van der Waals surface area (Å²) in [5, 5.41) is 3.06. The van der Waals surface area contributed by atoms with Crippen LogP contribution < -0.4 is 5.32 Å². The van der Waals surface area contributed by atoms with Gasteiger partial charge in [0, 0.05) is 19.6 Å². The minimum Gasteiger partial charge on any atom is -0.340 e. The quantitative estimate of drug-likeness (QED) is 0.811. The minimum atomic E-state index is -0.208. The van der Waals surface area contributed by atoms with Crippen LogP contribution in [0.2, 0.25) is 0 Å². The lowest BCUT2D eigenvalue weighted by Crippen LogP contribution is -2.54. The zero-order valence-corrected chi connectivity index (χ0v) is 16.0. The van der Waals surface area contributed by atoms with Crippen molar-refractivity contribution in [1.29, 1.82) is 0 Å². The van der Waals surface area contributed by atoms with E-state index < -0.39 is 0 Å². The Balaban J connectivity index is 1.71. The third-order valence-corrected chi connectivity index (χ3v) is 5.28. The first kappa shape index (κ1) is 18.6. The number of urea groups is 1. The molecule has 1 atom stereocenters. The fourth-order valence-electron chi connectivity index (χ4n) is 3.11. The molecular weight excluding hydrogens is 350 g/mol. The van der Waals surface area contributed by atoms with Gasteiger partial charge in [-0.05, 0) is 37.5 Å². The zero-order chi connectivity index (χ0) is 18.5. The summed E-state index contributed by atoms with van der Waals surface area (Å²) in [6.07, 6.45) is 2.82. The molecule has 0 radical (unpaired) electrons. The Hall–Kier alpha value is -2.22. The number of hydrogen-bond acceptors (Lipinski definition) is 4. The summed E-state index contributed by atoms with van der Waals surface area (Å²) in [6, 6.07) is 7.41. The van der Waals surface area contributed by atoms with E-state index in [1.54, 1.807) is 21.6 Å². The van der Waals surface area contributed by atoms with Gasteiger partial charge in [-0.2, -0.15) is 11.8 Å². The number of likely N-dealkylation sites (N-methyl/N-ethyl adjacent to an activating group) is 1. The Morgan fingerprint density at radius 1 is 1.38 bits per heavy atom. The first-order valence-electron chi connectivity index (χ1n) is 8.89. The standard InChI is InChI=1S/C18H25N5O2S/c1-3-22-9-10-23(12-16(22)24)18(25)21-15(8-11-26-2)17-19-13-6-4-5-7-14(13)20-17/h4-7,15H,3,8-12H2,1-2H3,(H,19,20)(H,21,25)/t15-/m0/s1. The molecule has 7 nitrogen and oxygen atoms in total. The normalized spacial score (nSPS) is 16.2. The Bertz CT molecular complexity index is 745. The number of aromatic nitrogens is 2. The van der Waals surface area contributed by atoms with Crippen molar-refractivity contribution < 1.29 is 9.59 Å². The second kappa shape index (κ2) is 8.44. The Kier molecular flexibility index (Phi) is 6.03. The van der Waals surface area contributed by atoms with Crippen molar-refractivity contribution in [1.82, 2.24) is 25.1 Å². The summed E-state index contributed by atoms with van der Waals surface area (Å²) in [5.41, 5.74) is 1.84. The largest absolute Gasteiger partial charge is 0.340 e. The number of nitrogens with one attached hydrogen (secondary N) is 2. The number of nitrogens with zero attached hydrogens (tertiary/aromatic N) is 3. The molecule has 1 saturated heterocycles. The van der Waals surface area contributed by atoms with Crippen LogP contribution in [0.1, 0.15) is 25.2 Å². The number of piperazine rings is 1. The summed E-state index contributed by atoms with van der Waals surface area (Å²) >= 11 is 1.73. The van der Waals surface area contributed by atoms with Crippen LogP contribution in [-0.4, -0.2) is 69.9 Å². The highest BCUT2D eigenvalue weighted by Crippen LogP contribution is 2.20. The number of aromatic amines is 1. The van der Waals surface area contributed by atoms with Crippen LogP contribution in [0.4, 0.5) is 4.79 Å². The molecule has 0 aliphatic carbocycles. The Labute approximate surface area is 157 Å². The SMILES string of the molecule is CCN1CCN(C(=O)N[C@@H](CCSC)c2nc3ccccc3[nH]2)CC1=O. The van der Waals surface area contributed by atoms with E-state index in [9.17, 15) is 9.59 Å². The van der Waals surface area contributed by atoms with E-state index in [4.69, 9.17) is 0 Å². The lowest BCUT2D eigenvalue weighted by molar-refractivity contribution is -0.134. The second-order valence-electron chi connectivity index (χ2n) is 6.32. The molecule has 140 valence electrons. The third kappa shape index (κ3) is 4.12. The van der Waals surface area contributed by atoms with E-state index in [0.29, 0.717) is 19.6 Å². The highest BCUT2D eigenvalue weighted by molar-refractivity contribution is 7.98. The Morgan fingerprint density at radius 3 is 2.88 bits per heavy atom. The molecule has 26 heavy (non-hydrogen) atoms. The smallest absolute Gasteiger partial charge is 0.318 e. The van der Waals surface area contributed by atoms with Gasteiger partial charge in [-0.25, -0.2) is 9.78 Å². The van der Waals surface area contributed by atoms with Crippen LogP contribution in [-0.2, 0) is 4.79 Å². The van der Waals surface area contributed by atoms with Gasteiger partial charge in [0.25, 0.3) is 0 Å². The highest BCUT2D eigenvalue weighted by Gasteiger charge is 2.28. The van der Waals surface area contributed by atoms with Crippen molar-refractivity contribution in [3.63, 3.8) is 0 Å². The van der Waals surface area contributed by atoms with E-state index >= 15 is 0 Å². The topological polar surface area (TPSA) is 81.3 Å². The molecule has 2 aromatic rings. The maximum absolute atomic E-state index is 12.7. The number of hydrogen-bond donors (Lipinski definition) is 2. The van der Waals surface area contributed by atoms with Crippen LogP contribution in [0.3, 0.4) is 0 Å². The Morgan fingerprint density at radius 2 is 2.19 bits per heavy atom. The van der Waals surface area contributed by atoms with E-state index in [2.05, 4.69) is 15.3 Å². The number of rotatable bonds is 6. The molecule has 8 heteroatoms. The van der Waals surface area contributed by atoms with Crippen LogP contribution in [0, 0.1) is 0 Å². The number of carbonyl (C=O) groups is 2. The van der Waals surface area contributed by atoms with Crippen molar-refractivity contribution in [2.75, 3.05) is 38.2 Å². The second-order valence-corrected chi connectivity index (χ2v) is 7.30. The average molecular weight is 375 g/mol. The summed E-state index contributed by atoms with van der Waals surface area (Å²) in [7, 11) is 0. The molecule has 2 heterocycles. The number of imidazole rings is 1. The van der Waals surface area contributed by atoms with Crippen LogP contribution in [0.5, 0.6) is 0 Å². The van der Waals surface area contributed by atoms with Crippen LogP contribution in [0.15, 0.2) is 24.3 Å². The van der Waals surface area contributed by atoms with Gasteiger partial charge >= 0.3 is 6.03 Å². The third-order valence-electron chi connectivity index (χ3n) is 4.63. The van der Waals surface area contributed by atoms with Gasteiger partial charge < -0.3 is 20.1 Å². The van der Waals surface area contributed by atoms with E-state index in [1.165, 1.54) is 0 Å². The molecule has 1 aromatic carbocycles. The van der Waals surface area contributed by atoms with Gasteiger partial charge in [0.1, 0.15) is 12.4 Å². The number of amides is 3. The van der Waals surface area contributed by atoms with Gasteiger partial charge in [0.15, 0.2) is 0 Å². The number of benzene rings is 1. The van der Waals surface area contributed by atoms with Crippen LogP contribution in [0.25, 0.3) is 11.0 Å². The van der Waals surface area contributed by atoms with Crippen molar-refractivity contribution in [2.24, 2.45) is 0 Å². The molecule has 1 aliphatic rings. The first-order chi connectivity index (χ1) is 12.6. The molecule has 1 aliphatic heterocycles. The summed E-state index contributed by atoms with van der Waals surface area (Å²) < 4.78 is 0. The van der Waals surface area contributed by atoms with Gasteiger partial charge in [-0.1, -0.05) is 12.1 Å². The monoisotopic (exact) mass is 375 g/mol. The number of carbonyl (C=O) groups excluding carboxylic acids is 2. The molecule has 1 aromatic heterocycles. The predicted octanol–water partition coefficient (Wildman–Crippen LogP) is 2.23. The lowest BCUT2D eigenvalue weighted by atomic mass is 10.2. The molecule has 3 rings (SSSR count). The van der Waals surface area contributed by atoms with Gasteiger partial charge in [0.05, 0.1) is 17.1 Å². The van der Waals surface area contributed by atoms with Gasteiger partial charge in [0.2, 0.25) is 5.91 Å². The van der Waals surface area contributed by atoms with E-state index in [1.807, 2.05) is 37.4 Å². The molecule has 2 N–H and O–H groups in total. The first-order valence-corrected chi connectivity index (χ1v) is 10.3. The molecule has 3 amide bonds. The highest BCUT2D eigenvalue weighted by atomic mass is 32.2. The fourth-order valence-corrected chi connectivity index (χ4v) is 3.58. The molecule has 0 unspecified atom stereocenters. The number of para-hydroxylation sites is 2. The fraction of sp³-hybridized carbons (Fsp3) is 0.500. The molecule has 0 spiro atoms. The molecule has 1 fully saturated rings. The van der Waals surface area contributed by atoms with Crippen LogP contribution >= 0.6 is 11.8 Å². The summed E-state index contributed by atoms with van der Waals surface area (Å²) in [6.45, 7) is 3.91. The number of H-pyrrole nitrogens is 1. The predicted molar refractivity (Wildman–Crippen MR) is 104 cm³/mol. The van der Waals surface area contributed by atoms with Gasteiger partial charge in [-0.15, -0.1) is 0 Å². The number of thioether (sulfide) groups is 1. The van der Waals surface area contributed by atoms with Crippen molar-refractivity contribution in [2.45, 2.75) is 19.4 Å². The molecule has 0 bridgehead atoms. The maximum atomic E-state index is 12.7. The number of fused-ring (bicyclic) bond motifs is 1. The zero-order valence-electron chi connectivity index (χ0n) is 15.2. The summed E-state index contributed by atoms with van der Waals surface area (Å²) in [5.74, 6) is 1.66. The van der Waals surface area contributed by atoms with Crippen molar-refractivity contribution >= 4 is 34.7 Å². The van der Waals surface area contributed by atoms with E-state index in [-0.39, 0.29) is 24.5 Å². The molecular formula is C18H25N5O2S. The maximum Gasteiger partial charge on any atom is 0.318 e. The van der Waals surface area contributed by atoms with Crippen molar-refractivity contribution in [3.8, 4) is 0 Å². The summed E-state index contributed by atoms with van der Waals surface area (Å²) in [4.78, 5) is 36.1. The molecule has 0 saturated carbocycles. The van der Waals surface area contributed by atoms with Gasteiger partial charge in [-0.3, -0.25) is 4.79 Å². The van der Waals surface area contributed by atoms with E-state index in [0.717, 1.165) is 29.0 Å². The minimum absolute atomic E-state index is 0.00157. The lowest BCUT2D eigenvalue weighted by Gasteiger charge is -2.34.